The van der Waals surface area contributed by atoms with Crippen LogP contribution in [0.2, 0.25) is 0 Å². The van der Waals surface area contributed by atoms with E-state index in [-0.39, 0.29) is 5.60 Å². The summed E-state index contributed by atoms with van der Waals surface area (Å²) in [7, 11) is 0. The standard InChI is InChI=1S/C15H22N4O2S/c1-11-16-17-14(22-11)19-9-15(10-19)12(5-8-21-15)4-7-18-6-2-3-13(18)20/h12H,2-10H2,1H3/t12-/m1/s1. The van der Waals surface area contributed by atoms with Crippen molar-refractivity contribution in [2.75, 3.05) is 37.7 Å². The Hall–Kier alpha value is -1.21. The van der Waals surface area contributed by atoms with Crippen LogP contribution < -0.4 is 4.90 Å². The fraction of sp³-hybridized carbons (Fsp3) is 0.800. The van der Waals surface area contributed by atoms with Crippen LogP contribution in [0.5, 0.6) is 0 Å². The molecule has 0 aliphatic carbocycles. The van der Waals surface area contributed by atoms with Crippen molar-refractivity contribution in [1.29, 1.82) is 0 Å². The van der Waals surface area contributed by atoms with Gasteiger partial charge in [0.05, 0.1) is 13.1 Å². The molecule has 1 aromatic heterocycles. The van der Waals surface area contributed by atoms with Crippen molar-refractivity contribution in [3.05, 3.63) is 5.01 Å². The van der Waals surface area contributed by atoms with Crippen molar-refractivity contribution in [2.24, 2.45) is 5.92 Å². The average Bonchev–Trinajstić information content (AvgIpc) is 3.14. The third-order valence-electron chi connectivity index (χ3n) is 5.22. The fourth-order valence-corrected chi connectivity index (χ4v) is 4.63. The maximum absolute atomic E-state index is 11.7. The number of hydrogen-bond acceptors (Lipinski definition) is 6. The van der Waals surface area contributed by atoms with Gasteiger partial charge < -0.3 is 14.5 Å². The summed E-state index contributed by atoms with van der Waals surface area (Å²) in [5.41, 5.74) is -0.0116. The van der Waals surface area contributed by atoms with E-state index in [0.717, 1.165) is 68.6 Å². The molecule has 22 heavy (non-hydrogen) atoms. The number of rotatable bonds is 4. The van der Waals surface area contributed by atoms with Gasteiger partial charge in [-0.2, -0.15) is 0 Å². The van der Waals surface area contributed by atoms with Crippen LogP contribution in [0.25, 0.3) is 0 Å². The molecule has 3 aliphatic rings. The van der Waals surface area contributed by atoms with Crippen LogP contribution in [0.4, 0.5) is 5.13 Å². The summed E-state index contributed by atoms with van der Waals surface area (Å²) in [6.07, 6.45) is 3.94. The number of aryl methyl sites for hydroxylation is 1. The van der Waals surface area contributed by atoms with Crippen LogP contribution in [0, 0.1) is 12.8 Å². The summed E-state index contributed by atoms with van der Waals surface area (Å²) in [5, 5.41) is 10.3. The Morgan fingerprint density at radius 1 is 1.41 bits per heavy atom. The highest BCUT2D eigenvalue weighted by Gasteiger charge is 2.53. The highest BCUT2D eigenvalue weighted by atomic mass is 32.1. The summed E-state index contributed by atoms with van der Waals surface area (Å²) in [4.78, 5) is 16.0. The van der Waals surface area contributed by atoms with Crippen LogP contribution in [-0.4, -0.2) is 59.4 Å². The van der Waals surface area contributed by atoms with Gasteiger partial charge in [0.2, 0.25) is 11.0 Å². The number of ether oxygens (including phenoxy) is 1. The predicted molar refractivity (Wildman–Crippen MR) is 84.1 cm³/mol. The first-order valence-electron chi connectivity index (χ1n) is 8.13. The van der Waals surface area contributed by atoms with E-state index in [2.05, 4.69) is 15.1 Å². The zero-order chi connectivity index (χ0) is 15.2. The minimum atomic E-state index is -0.0116. The van der Waals surface area contributed by atoms with Crippen molar-refractivity contribution in [3.63, 3.8) is 0 Å². The van der Waals surface area contributed by atoms with E-state index in [9.17, 15) is 4.79 Å². The molecular weight excluding hydrogens is 300 g/mol. The second kappa shape index (κ2) is 5.45. The lowest BCUT2D eigenvalue weighted by molar-refractivity contribution is -0.128. The average molecular weight is 322 g/mol. The van der Waals surface area contributed by atoms with E-state index >= 15 is 0 Å². The van der Waals surface area contributed by atoms with Gasteiger partial charge >= 0.3 is 0 Å². The van der Waals surface area contributed by atoms with Gasteiger partial charge in [-0.15, -0.1) is 10.2 Å². The number of carbonyl (C=O) groups excluding carboxylic acids is 1. The van der Waals surface area contributed by atoms with Crippen molar-refractivity contribution < 1.29 is 9.53 Å². The third kappa shape index (κ3) is 2.40. The van der Waals surface area contributed by atoms with Crippen LogP contribution in [0.15, 0.2) is 0 Å². The van der Waals surface area contributed by atoms with E-state index in [0.29, 0.717) is 11.8 Å². The van der Waals surface area contributed by atoms with Gasteiger partial charge in [-0.05, 0) is 32.1 Å². The van der Waals surface area contributed by atoms with Crippen LogP contribution in [-0.2, 0) is 9.53 Å². The Bertz CT molecular complexity index is 570. The smallest absolute Gasteiger partial charge is 0.222 e. The number of aromatic nitrogens is 2. The monoisotopic (exact) mass is 322 g/mol. The molecule has 4 rings (SSSR count). The Balaban J connectivity index is 1.35. The highest BCUT2D eigenvalue weighted by molar-refractivity contribution is 7.15. The number of hydrogen-bond donors (Lipinski definition) is 0. The SMILES string of the molecule is Cc1nnc(N2CC3(C2)OCC[C@H]3CCN2CCCC2=O)s1. The van der Waals surface area contributed by atoms with Crippen LogP contribution in [0.1, 0.15) is 30.7 Å². The molecule has 0 aromatic carbocycles. The Labute approximate surface area is 134 Å². The van der Waals surface area contributed by atoms with Crippen LogP contribution in [0.3, 0.4) is 0 Å². The number of amides is 1. The second-order valence-corrected chi connectivity index (χ2v) is 7.79. The van der Waals surface area contributed by atoms with E-state index < -0.39 is 0 Å². The third-order valence-corrected chi connectivity index (χ3v) is 6.12. The molecule has 0 bridgehead atoms. The molecule has 3 fully saturated rings. The summed E-state index contributed by atoms with van der Waals surface area (Å²) in [5.74, 6) is 0.888. The largest absolute Gasteiger partial charge is 0.371 e. The number of anilines is 1. The molecule has 0 saturated carbocycles. The lowest BCUT2D eigenvalue weighted by Gasteiger charge is -2.50. The molecule has 7 heteroatoms. The molecule has 0 radical (unpaired) electrons. The molecule has 6 nitrogen and oxygen atoms in total. The Morgan fingerprint density at radius 2 is 2.27 bits per heavy atom. The highest BCUT2D eigenvalue weighted by Crippen LogP contribution is 2.44. The molecule has 3 aliphatic heterocycles. The summed E-state index contributed by atoms with van der Waals surface area (Å²) < 4.78 is 6.10. The van der Waals surface area contributed by atoms with E-state index in [4.69, 9.17) is 4.74 Å². The van der Waals surface area contributed by atoms with Gasteiger partial charge in [-0.3, -0.25) is 4.79 Å². The predicted octanol–water partition coefficient (Wildman–Crippen LogP) is 1.45. The molecule has 120 valence electrons. The number of nitrogens with zero attached hydrogens (tertiary/aromatic N) is 4. The summed E-state index contributed by atoms with van der Waals surface area (Å²) >= 11 is 1.64. The Kier molecular flexibility index (Phi) is 3.57. The molecule has 1 atom stereocenters. The van der Waals surface area contributed by atoms with E-state index in [1.165, 1.54) is 0 Å². The second-order valence-electron chi connectivity index (χ2n) is 6.63. The lowest BCUT2D eigenvalue weighted by Crippen LogP contribution is -2.65. The number of carbonyl (C=O) groups is 1. The number of likely N-dealkylation sites (tertiary alicyclic amines) is 1. The quantitative estimate of drug-likeness (QED) is 0.840. The summed E-state index contributed by atoms with van der Waals surface area (Å²) in [6, 6.07) is 0. The zero-order valence-corrected chi connectivity index (χ0v) is 13.8. The van der Waals surface area contributed by atoms with Crippen LogP contribution >= 0.6 is 11.3 Å². The first kappa shape index (κ1) is 14.4. The summed E-state index contributed by atoms with van der Waals surface area (Å²) in [6.45, 7) is 6.50. The lowest BCUT2D eigenvalue weighted by atomic mass is 9.79. The fourth-order valence-electron chi connectivity index (χ4n) is 3.94. The van der Waals surface area contributed by atoms with Crippen molar-refractivity contribution >= 4 is 22.4 Å². The Morgan fingerprint density at radius 3 is 2.95 bits per heavy atom. The van der Waals surface area contributed by atoms with Gasteiger partial charge in [0.15, 0.2) is 0 Å². The first-order valence-corrected chi connectivity index (χ1v) is 8.95. The molecule has 0 N–H and O–H groups in total. The maximum Gasteiger partial charge on any atom is 0.222 e. The molecule has 0 unspecified atom stereocenters. The molecule has 4 heterocycles. The van der Waals surface area contributed by atoms with E-state index in [1.807, 2.05) is 11.8 Å². The van der Waals surface area contributed by atoms with Crippen molar-refractivity contribution in [3.8, 4) is 0 Å². The molecule has 1 aromatic rings. The van der Waals surface area contributed by atoms with Gasteiger partial charge in [0.25, 0.3) is 0 Å². The van der Waals surface area contributed by atoms with E-state index in [1.54, 1.807) is 11.3 Å². The minimum absolute atomic E-state index is 0.0116. The van der Waals surface area contributed by atoms with Gasteiger partial charge in [0, 0.05) is 26.1 Å². The van der Waals surface area contributed by atoms with Crippen molar-refractivity contribution in [2.45, 2.75) is 38.2 Å². The first-order chi connectivity index (χ1) is 10.7. The molecule has 3 saturated heterocycles. The van der Waals surface area contributed by atoms with Gasteiger partial charge in [-0.25, -0.2) is 0 Å². The molecular formula is C15H22N4O2S. The van der Waals surface area contributed by atoms with Gasteiger partial charge in [0.1, 0.15) is 10.6 Å². The maximum atomic E-state index is 11.7. The minimum Gasteiger partial charge on any atom is -0.371 e. The molecule has 1 spiro atoms. The van der Waals surface area contributed by atoms with Gasteiger partial charge in [-0.1, -0.05) is 11.3 Å². The normalized spacial score (nSPS) is 27.0. The topological polar surface area (TPSA) is 58.6 Å². The zero-order valence-electron chi connectivity index (χ0n) is 13.0. The molecule has 1 amide bonds. The van der Waals surface area contributed by atoms with Crippen molar-refractivity contribution in [1.82, 2.24) is 15.1 Å².